The molecule has 2 aromatic rings. The standard InChI is InChI=1S/C15H16N4OS/c1-8-16-6-11(12(18-8)9-2-3-9)19-15(20)14-13(10-4-5-10)17-7-21-14/h6-7,9-10H,2-5H2,1H3,(H,19,20). The van der Waals surface area contributed by atoms with Gasteiger partial charge in [0.05, 0.1) is 28.8 Å². The highest BCUT2D eigenvalue weighted by Gasteiger charge is 2.32. The van der Waals surface area contributed by atoms with Gasteiger partial charge in [-0.15, -0.1) is 11.3 Å². The molecule has 0 spiro atoms. The van der Waals surface area contributed by atoms with Gasteiger partial charge < -0.3 is 5.32 Å². The smallest absolute Gasteiger partial charge is 0.267 e. The summed E-state index contributed by atoms with van der Waals surface area (Å²) < 4.78 is 0. The predicted octanol–water partition coefficient (Wildman–Crippen LogP) is 3.25. The van der Waals surface area contributed by atoms with E-state index in [4.69, 9.17) is 0 Å². The normalized spacial score (nSPS) is 17.8. The molecule has 2 saturated carbocycles. The first-order valence-electron chi connectivity index (χ1n) is 7.30. The maximum absolute atomic E-state index is 12.5. The lowest BCUT2D eigenvalue weighted by molar-refractivity contribution is 0.102. The highest BCUT2D eigenvalue weighted by molar-refractivity contribution is 7.12. The number of carbonyl (C=O) groups is 1. The highest BCUT2D eigenvalue weighted by atomic mass is 32.1. The Labute approximate surface area is 126 Å². The second kappa shape index (κ2) is 4.87. The van der Waals surface area contributed by atoms with E-state index in [1.165, 1.54) is 11.3 Å². The molecule has 0 aromatic carbocycles. The third-order valence-electron chi connectivity index (χ3n) is 3.92. The fourth-order valence-corrected chi connectivity index (χ4v) is 3.27. The molecule has 0 aliphatic heterocycles. The number of aromatic nitrogens is 3. The molecule has 1 N–H and O–H groups in total. The van der Waals surface area contributed by atoms with Crippen LogP contribution in [0.1, 0.15) is 64.4 Å². The number of anilines is 1. The first kappa shape index (κ1) is 12.9. The van der Waals surface area contributed by atoms with Crippen LogP contribution < -0.4 is 5.32 Å². The number of nitrogens with zero attached hydrogens (tertiary/aromatic N) is 3. The number of hydrogen-bond acceptors (Lipinski definition) is 5. The van der Waals surface area contributed by atoms with E-state index in [2.05, 4.69) is 20.3 Å². The summed E-state index contributed by atoms with van der Waals surface area (Å²) in [6.07, 6.45) is 6.31. The van der Waals surface area contributed by atoms with Crippen LogP contribution in [0.3, 0.4) is 0 Å². The van der Waals surface area contributed by atoms with Crippen molar-refractivity contribution in [2.45, 2.75) is 44.4 Å². The summed E-state index contributed by atoms with van der Waals surface area (Å²) in [6.45, 7) is 1.88. The summed E-state index contributed by atoms with van der Waals surface area (Å²) in [5, 5.41) is 2.99. The molecule has 0 radical (unpaired) electrons. The van der Waals surface area contributed by atoms with E-state index in [-0.39, 0.29) is 5.91 Å². The van der Waals surface area contributed by atoms with E-state index in [1.54, 1.807) is 11.7 Å². The van der Waals surface area contributed by atoms with Crippen molar-refractivity contribution in [2.75, 3.05) is 5.32 Å². The average molecular weight is 300 g/mol. The van der Waals surface area contributed by atoms with Crippen molar-refractivity contribution in [2.24, 2.45) is 0 Å². The Kier molecular flexibility index (Phi) is 2.99. The summed E-state index contributed by atoms with van der Waals surface area (Å²) in [7, 11) is 0. The van der Waals surface area contributed by atoms with Crippen LogP contribution in [-0.2, 0) is 0 Å². The predicted molar refractivity (Wildman–Crippen MR) is 80.8 cm³/mol. The van der Waals surface area contributed by atoms with Gasteiger partial charge in [0.25, 0.3) is 5.91 Å². The van der Waals surface area contributed by atoms with E-state index >= 15 is 0 Å². The number of thiazole rings is 1. The molecule has 1 amide bonds. The van der Waals surface area contributed by atoms with E-state index in [1.807, 2.05) is 6.92 Å². The zero-order valence-corrected chi connectivity index (χ0v) is 12.6. The lowest BCUT2D eigenvalue weighted by atomic mass is 10.2. The zero-order chi connectivity index (χ0) is 14.4. The molecule has 108 valence electrons. The van der Waals surface area contributed by atoms with Crippen molar-refractivity contribution in [1.29, 1.82) is 0 Å². The van der Waals surface area contributed by atoms with Crippen LogP contribution in [0.5, 0.6) is 0 Å². The van der Waals surface area contributed by atoms with Crippen molar-refractivity contribution < 1.29 is 4.79 Å². The molecular weight excluding hydrogens is 284 g/mol. The van der Waals surface area contributed by atoms with E-state index < -0.39 is 0 Å². The Hall–Kier alpha value is -1.82. The number of amides is 1. The number of rotatable bonds is 4. The van der Waals surface area contributed by atoms with Crippen LogP contribution in [-0.4, -0.2) is 20.9 Å². The summed E-state index contributed by atoms with van der Waals surface area (Å²) >= 11 is 1.41. The van der Waals surface area contributed by atoms with Gasteiger partial charge in [-0.25, -0.2) is 15.0 Å². The molecule has 5 nitrogen and oxygen atoms in total. The van der Waals surface area contributed by atoms with Crippen LogP contribution in [0.25, 0.3) is 0 Å². The van der Waals surface area contributed by atoms with Crippen LogP contribution in [0.2, 0.25) is 0 Å². The van der Waals surface area contributed by atoms with Crippen LogP contribution in [0, 0.1) is 6.92 Å². The highest BCUT2D eigenvalue weighted by Crippen LogP contribution is 2.43. The van der Waals surface area contributed by atoms with E-state index in [9.17, 15) is 4.79 Å². The van der Waals surface area contributed by atoms with Crippen molar-refractivity contribution in [3.8, 4) is 0 Å². The van der Waals surface area contributed by atoms with Gasteiger partial charge in [-0.3, -0.25) is 4.79 Å². The quantitative estimate of drug-likeness (QED) is 0.941. The van der Waals surface area contributed by atoms with Gasteiger partial charge in [-0.1, -0.05) is 0 Å². The Morgan fingerprint density at radius 2 is 1.90 bits per heavy atom. The Bertz CT molecular complexity index is 703. The van der Waals surface area contributed by atoms with Crippen molar-refractivity contribution in [3.05, 3.63) is 33.8 Å². The molecule has 0 atom stereocenters. The topological polar surface area (TPSA) is 67.8 Å². The summed E-state index contributed by atoms with van der Waals surface area (Å²) in [5.41, 5.74) is 4.45. The van der Waals surface area contributed by atoms with Gasteiger partial charge in [0.15, 0.2) is 0 Å². The van der Waals surface area contributed by atoms with Gasteiger partial charge in [-0.2, -0.15) is 0 Å². The number of hydrogen-bond donors (Lipinski definition) is 1. The molecular formula is C15H16N4OS. The molecule has 2 aromatic heterocycles. The Balaban J connectivity index is 1.60. The number of aryl methyl sites for hydroxylation is 1. The maximum Gasteiger partial charge on any atom is 0.267 e. The minimum Gasteiger partial charge on any atom is -0.318 e. The minimum atomic E-state index is -0.0752. The molecule has 0 saturated heterocycles. The zero-order valence-electron chi connectivity index (χ0n) is 11.8. The third kappa shape index (κ3) is 2.55. The first-order valence-corrected chi connectivity index (χ1v) is 8.18. The molecule has 2 aliphatic rings. The van der Waals surface area contributed by atoms with Crippen LogP contribution in [0.4, 0.5) is 5.69 Å². The lowest BCUT2D eigenvalue weighted by Crippen LogP contribution is -2.15. The maximum atomic E-state index is 12.5. The average Bonchev–Trinajstić information content (AvgIpc) is 3.39. The molecule has 2 fully saturated rings. The fraction of sp³-hybridized carbons (Fsp3) is 0.467. The van der Waals surface area contributed by atoms with Crippen molar-refractivity contribution in [1.82, 2.24) is 15.0 Å². The van der Waals surface area contributed by atoms with Crippen molar-refractivity contribution in [3.63, 3.8) is 0 Å². The third-order valence-corrected chi connectivity index (χ3v) is 4.76. The molecule has 0 unspecified atom stereocenters. The summed E-state index contributed by atoms with van der Waals surface area (Å²) in [6, 6.07) is 0. The molecule has 0 bridgehead atoms. The number of carbonyl (C=O) groups excluding carboxylic acids is 1. The number of nitrogens with one attached hydrogen (secondary N) is 1. The van der Waals surface area contributed by atoms with Gasteiger partial charge in [0.2, 0.25) is 0 Å². The largest absolute Gasteiger partial charge is 0.318 e. The lowest BCUT2D eigenvalue weighted by Gasteiger charge is -2.09. The summed E-state index contributed by atoms with van der Waals surface area (Å²) in [5.74, 6) is 1.64. The Morgan fingerprint density at radius 3 is 2.62 bits per heavy atom. The minimum absolute atomic E-state index is 0.0752. The van der Waals surface area contributed by atoms with Gasteiger partial charge >= 0.3 is 0 Å². The second-order valence-electron chi connectivity index (χ2n) is 5.79. The van der Waals surface area contributed by atoms with Gasteiger partial charge in [-0.05, 0) is 32.6 Å². The van der Waals surface area contributed by atoms with E-state index in [0.717, 1.165) is 53.5 Å². The summed E-state index contributed by atoms with van der Waals surface area (Å²) in [4.78, 5) is 26.3. The molecule has 2 aliphatic carbocycles. The Morgan fingerprint density at radius 1 is 1.19 bits per heavy atom. The van der Waals surface area contributed by atoms with Crippen molar-refractivity contribution >= 4 is 22.9 Å². The molecule has 21 heavy (non-hydrogen) atoms. The second-order valence-corrected chi connectivity index (χ2v) is 6.64. The fourth-order valence-electron chi connectivity index (χ4n) is 2.50. The van der Waals surface area contributed by atoms with Crippen LogP contribution >= 0.6 is 11.3 Å². The van der Waals surface area contributed by atoms with E-state index in [0.29, 0.717) is 11.8 Å². The van der Waals surface area contributed by atoms with Gasteiger partial charge in [0.1, 0.15) is 10.7 Å². The first-order chi connectivity index (χ1) is 10.2. The molecule has 6 heteroatoms. The SMILES string of the molecule is Cc1ncc(NC(=O)c2scnc2C2CC2)c(C2CC2)n1. The van der Waals surface area contributed by atoms with Gasteiger partial charge in [0, 0.05) is 11.8 Å². The molecule has 4 rings (SSSR count). The van der Waals surface area contributed by atoms with Crippen LogP contribution in [0.15, 0.2) is 11.7 Å². The molecule has 2 heterocycles. The monoisotopic (exact) mass is 300 g/mol.